The minimum Gasteiger partial charge on any atom is -0.476 e. The Morgan fingerprint density at radius 1 is 1.06 bits per heavy atom. The van der Waals surface area contributed by atoms with Crippen molar-refractivity contribution in [1.82, 2.24) is 0 Å². The van der Waals surface area contributed by atoms with Gasteiger partial charge in [-0.2, -0.15) is 0 Å². The van der Waals surface area contributed by atoms with Gasteiger partial charge < -0.3 is 20.7 Å². The molecular weight excluding hydrogens is 428 g/mol. The van der Waals surface area contributed by atoms with E-state index >= 15 is 0 Å². The van der Waals surface area contributed by atoms with Gasteiger partial charge in [0.1, 0.15) is 11.6 Å². The number of aryl methyl sites for hydroxylation is 1. The van der Waals surface area contributed by atoms with Gasteiger partial charge in [0.05, 0.1) is 0 Å². The van der Waals surface area contributed by atoms with Gasteiger partial charge in [-0.25, -0.2) is 0 Å². The third-order valence-electron chi connectivity index (χ3n) is 5.82. The molecule has 7 nitrogen and oxygen atoms in total. The van der Waals surface area contributed by atoms with E-state index in [2.05, 4.69) is 5.32 Å². The number of hydrogen-bond donors (Lipinski definition) is 3. The van der Waals surface area contributed by atoms with Crippen LogP contribution in [0.2, 0.25) is 0 Å². The van der Waals surface area contributed by atoms with Crippen molar-refractivity contribution in [3.05, 3.63) is 89.5 Å². The fraction of sp³-hybridized carbons (Fsp3) is 0.222. The van der Waals surface area contributed by atoms with Crippen LogP contribution >= 0.6 is 0 Å². The summed E-state index contributed by atoms with van der Waals surface area (Å²) >= 11 is 0. The number of benzene rings is 3. The lowest BCUT2D eigenvalue weighted by Gasteiger charge is -2.28. The molecule has 4 rings (SSSR count). The van der Waals surface area contributed by atoms with E-state index in [9.17, 15) is 9.59 Å². The Morgan fingerprint density at radius 3 is 2.56 bits per heavy atom. The Morgan fingerprint density at radius 2 is 1.85 bits per heavy atom. The van der Waals surface area contributed by atoms with E-state index in [4.69, 9.17) is 15.9 Å². The summed E-state index contributed by atoms with van der Waals surface area (Å²) in [7, 11) is 0. The summed E-state index contributed by atoms with van der Waals surface area (Å²) in [4.78, 5) is 27.5. The number of amides is 2. The number of carbonyl (C=O) groups is 2. The second-order valence-corrected chi connectivity index (χ2v) is 8.34. The molecule has 1 heterocycles. The van der Waals surface area contributed by atoms with E-state index in [0.717, 1.165) is 24.1 Å². The van der Waals surface area contributed by atoms with Crippen LogP contribution < -0.4 is 20.7 Å². The van der Waals surface area contributed by atoms with Gasteiger partial charge in [-0.1, -0.05) is 42.5 Å². The fourth-order valence-corrected chi connectivity index (χ4v) is 4.08. The lowest BCUT2D eigenvalue weighted by atomic mass is 10.1. The first-order valence-electron chi connectivity index (χ1n) is 11.3. The number of rotatable bonds is 7. The van der Waals surface area contributed by atoms with Crippen molar-refractivity contribution in [2.45, 2.75) is 32.3 Å². The van der Waals surface area contributed by atoms with Crippen LogP contribution in [-0.2, 0) is 9.59 Å². The first-order valence-corrected chi connectivity index (χ1v) is 11.3. The van der Waals surface area contributed by atoms with E-state index < -0.39 is 6.10 Å². The highest BCUT2D eigenvalue weighted by Crippen LogP contribution is 2.29. The van der Waals surface area contributed by atoms with Crippen molar-refractivity contribution in [1.29, 1.82) is 5.41 Å². The molecule has 2 amide bonds. The molecule has 1 atom stereocenters. The summed E-state index contributed by atoms with van der Waals surface area (Å²) in [6.07, 6.45) is 1.58. The Labute approximate surface area is 199 Å². The Kier molecular flexibility index (Phi) is 6.92. The van der Waals surface area contributed by atoms with Crippen molar-refractivity contribution in [3.8, 4) is 5.75 Å². The highest BCUT2D eigenvalue weighted by atomic mass is 16.5. The molecule has 174 valence electrons. The molecule has 7 heteroatoms. The fourth-order valence-electron chi connectivity index (χ4n) is 4.08. The van der Waals surface area contributed by atoms with E-state index in [1.165, 1.54) is 0 Å². The van der Waals surface area contributed by atoms with Crippen LogP contribution in [0.3, 0.4) is 0 Å². The number of nitrogens with zero attached hydrogens (tertiary/aromatic N) is 1. The van der Waals surface area contributed by atoms with Crippen LogP contribution in [0.4, 0.5) is 11.4 Å². The highest BCUT2D eigenvalue weighted by Gasteiger charge is 2.24. The zero-order valence-corrected chi connectivity index (χ0v) is 19.1. The van der Waals surface area contributed by atoms with Crippen molar-refractivity contribution in [2.75, 3.05) is 16.8 Å². The molecule has 1 unspecified atom stereocenters. The third-order valence-corrected chi connectivity index (χ3v) is 5.82. The van der Waals surface area contributed by atoms with Gasteiger partial charge in [0.2, 0.25) is 12.0 Å². The van der Waals surface area contributed by atoms with Gasteiger partial charge in [0.15, 0.2) is 0 Å². The molecule has 0 aliphatic carbocycles. The number of amidine groups is 1. The molecular formula is C27H28N4O3. The average Bonchev–Trinajstić information content (AvgIpc) is 2.84. The zero-order valence-electron chi connectivity index (χ0n) is 19.1. The van der Waals surface area contributed by atoms with Crippen LogP contribution in [0.25, 0.3) is 0 Å². The second-order valence-electron chi connectivity index (χ2n) is 8.34. The Bertz CT molecular complexity index is 1210. The number of carbonyl (C=O) groups excluding carboxylic acids is 2. The number of nitrogens with two attached hydrogens (primary N) is 1. The largest absolute Gasteiger partial charge is 0.476 e. The second kappa shape index (κ2) is 10.2. The molecule has 0 radical (unpaired) electrons. The van der Waals surface area contributed by atoms with Gasteiger partial charge >= 0.3 is 0 Å². The number of anilines is 2. The topological polar surface area (TPSA) is 109 Å². The lowest BCUT2D eigenvalue weighted by Crippen LogP contribution is -2.35. The monoisotopic (exact) mass is 456 g/mol. The van der Waals surface area contributed by atoms with Crippen molar-refractivity contribution in [3.63, 3.8) is 0 Å². The maximum absolute atomic E-state index is 13.3. The summed E-state index contributed by atoms with van der Waals surface area (Å²) in [5, 5.41) is 10.6. The average molecular weight is 457 g/mol. The first kappa shape index (κ1) is 23.0. The molecule has 1 aliphatic rings. The predicted molar refractivity (Wildman–Crippen MR) is 133 cm³/mol. The van der Waals surface area contributed by atoms with Crippen LogP contribution in [0.5, 0.6) is 5.75 Å². The number of piperidine rings is 1. The lowest BCUT2D eigenvalue weighted by molar-refractivity contribution is -0.123. The maximum Gasteiger partial charge on any atom is 0.270 e. The molecule has 1 saturated heterocycles. The Hall–Kier alpha value is -4.13. The van der Waals surface area contributed by atoms with Gasteiger partial charge in [0, 0.05) is 35.5 Å². The smallest absolute Gasteiger partial charge is 0.270 e. The SMILES string of the molecule is Cc1cc(NC(=O)C(Oc2cccc(C(=N)N)c2)c2ccccc2)ccc1N1CCCCC1=O. The standard InChI is InChI=1S/C27H28N4O3/c1-18-16-21(13-14-23(18)31-15-6-5-12-24(31)32)30-27(33)25(19-8-3-2-4-9-19)34-22-11-7-10-20(17-22)26(28)29/h2-4,7-11,13-14,16-17,25H,5-6,12,15H2,1H3,(H3,28,29)(H,30,33). The number of nitrogen functional groups attached to an aromatic ring is 1. The van der Waals surface area contributed by atoms with Crippen molar-refractivity contribution < 1.29 is 14.3 Å². The molecule has 3 aromatic rings. The minimum absolute atomic E-state index is 0.0751. The summed E-state index contributed by atoms with van der Waals surface area (Å²) in [6, 6.07) is 21.6. The quantitative estimate of drug-likeness (QED) is 0.358. The predicted octanol–water partition coefficient (Wildman–Crippen LogP) is 4.55. The van der Waals surface area contributed by atoms with E-state index in [1.54, 1.807) is 30.3 Å². The molecule has 0 spiro atoms. The first-order chi connectivity index (χ1) is 16.4. The van der Waals surface area contributed by atoms with Crippen LogP contribution in [0.15, 0.2) is 72.8 Å². The molecule has 1 fully saturated rings. The number of nitrogens with one attached hydrogen (secondary N) is 2. The molecule has 0 aromatic heterocycles. The highest BCUT2D eigenvalue weighted by molar-refractivity contribution is 5.98. The van der Waals surface area contributed by atoms with Gasteiger partial charge in [-0.05, 0) is 55.7 Å². The van der Waals surface area contributed by atoms with E-state index in [-0.39, 0.29) is 17.6 Å². The molecule has 34 heavy (non-hydrogen) atoms. The summed E-state index contributed by atoms with van der Waals surface area (Å²) in [5.74, 6) is 0.165. The molecule has 3 aromatic carbocycles. The zero-order chi connectivity index (χ0) is 24.1. The molecule has 0 bridgehead atoms. The summed E-state index contributed by atoms with van der Waals surface area (Å²) < 4.78 is 6.07. The summed E-state index contributed by atoms with van der Waals surface area (Å²) in [5.41, 5.74) is 9.22. The third kappa shape index (κ3) is 5.26. The maximum atomic E-state index is 13.3. The Balaban J connectivity index is 1.56. The van der Waals surface area contributed by atoms with Crippen LogP contribution in [0.1, 0.15) is 42.1 Å². The normalized spacial score (nSPS) is 14.4. The van der Waals surface area contributed by atoms with Crippen LogP contribution in [-0.4, -0.2) is 24.2 Å². The van der Waals surface area contributed by atoms with E-state index in [1.807, 2.05) is 54.3 Å². The number of ether oxygens (including phenoxy) is 1. The molecule has 1 aliphatic heterocycles. The molecule has 0 saturated carbocycles. The minimum atomic E-state index is -0.910. The van der Waals surface area contributed by atoms with Crippen LogP contribution in [0, 0.1) is 12.3 Å². The van der Waals surface area contributed by atoms with Crippen molar-refractivity contribution >= 4 is 29.0 Å². The van der Waals surface area contributed by atoms with Crippen molar-refractivity contribution in [2.24, 2.45) is 5.73 Å². The molecule has 4 N–H and O–H groups in total. The summed E-state index contributed by atoms with van der Waals surface area (Å²) in [6.45, 7) is 2.65. The number of hydrogen-bond acceptors (Lipinski definition) is 4. The van der Waals surface area contributed by atoms with Gasteiger partial charge in [0.25, 0.3) is 5.91 Å². The van der Waals surface area contributed by atoms with E-state index in [0.29, 0.717) is 35.5 Å². The van der Waals surface area contributed by atoms with Gasteiger partial charge in [-0.3, -0.25) is 15.0 Å². The van der Waals surface area contributed by atoms with Gasteiger partial charge in [-0.15, -0.1) is 0 Å².